The second-order valence-electron chi connectivity index (χ2n) is 4.69. The van der Waals surface area contributed by atoms with Crippen LogP contribution in [0.5, 0.6) is 0 Å². The Morgan fingerprint density at radius 1 is 1.18 bits per heavy atom. The van der Waals surface area contributed by atoms with Gasteiger partial charge in [0.2, 0.25) is 5.91 Å². The van der Waals surface area contributed by atoms with Crippen molar-refractivity contribution in [3.63, 3.8) is 0 Å². The van der Waals surface area contributed by atoms with Crippen LogP contribution in [0, 0.1) is 0 Å². The van der Waals surface area contributed by atoms with Crippen molar-refractivity contribution in [3.8, 4) is 0 Å². The largest absolute Gasteiger partial charge is 0.405 e. The minimum Gasteiger partial charge on any atom is -0.346 e. The van der Waals surface area contributed by atoms with Gasteiger partial charge in [-0.25, -0.2) is 0 Å². The predicted molar refractivity (Wildman–Crippen MR) is 82.0 cm³/mol. The molecule has 0 aliphatic carbocycles. The molecule has 1 aromatic carbocycles. The van der Waals surface area contributed by atoms with Gasteiger partial charge < -0.3 is 11.1 Å². The van der Waals surface area contributed by atoms with Crippen molar-refractivity contribution in [1.29, 1.82) is 0 Å². The van der Waals surface area contributed by atoms with Gasteiger partial charge in [0.05, 0.1) is 6.54 Å². The first-order chi connectivity index (χ1) is 9.90. The normalized spacial score (nSPS) is 11.1. The van der Waals surface area contributed by atoms with E-state index < -0.39 is 18.6 Å². The van der Waals surface area contributed by atoms with E-state index in [2.05, 4.69) is 0 Å². The molecule has 0 aliphatic rings. The molecule has 0 saturated carbocycles. The standard InChI is InChI=1S/C14H20F3N3O.ClH/c15-14(16,17)11-19-13(21)10-20(9-7-18)8-6-12-4-2-1-3-5-12;/h1-5H,6-11,18H2,(H,19,21);1H. The Balaban J connectivity index is 0.00000441. The van der Waals surface area contributed by atoms with E-state index in [1.165, 1.54) is 0 Å². The summed E-state index contributed by atoms with van der Waals surface area (Å²) in [4.78, 5) is 13.2. The number of benzene rings is 1. The van der Waals surface area contributed by atoms with Crippen molar-refractivity contribution in [2.75, 3.05) is 32.7 Å². The monoisotopic (exact) mass is 339 g/mol. The first-order valence-electron chi connectivity index (χ1n) is 6.70. The zero-order valence-corrected chi connectivity index (χ0v) is 12.9. The molecular formula is C14H21ClF3N3O. The Bertz CT molecular complexity index is 429. The van der Waals surface area contributed by atoms with Gasteiger partial charge in [-0.05, 0) is 12.0 Å². The molecule has 0 aromatic heterocycles. The number of carbonyl (C=O) groups excluding carboxylic acids is 1. The lowest BCUT2D eigenvalue weighted by molar-refractivity contribution is -0.139. The molecule has 1 aromatic rings. The number of nitrogens with two attached hydrogens (primary N) is 1. The molecule has 1 rings (SSSR count). The number of nitrogens with zero attached hydrogens (tertiary/aromatic N) is 1. The maximum atomic E-state index is 12.0. The van der Waals surface area contributed by atoms with Gasteiger partial charge in [0, 0.05) is 19.6 Å². The van der Waals surface area contributed by atoms with E-state index >= 15 is 0 Å². The lowest BCUT2D eigenvalue weighted by Gasteiger charge is -2.21. The maximum absolute atomic E-state index is 12.0. The molecule has 0 saturated heterocycles. The average molecular weight is 340 g/mol. The average Bonchev–Trinajstić information content (AvgIpc) is 2.43. The van der Waals surface area contributed by atoms with Crippen LogP contribution < -0.4 is 11.1 Å². The minimum atomic E-state index is -4.39. The highest BCUT2D eigenvalue weighted by Gasteiger charge is 2.27. The van der Waals surface area contributed by atoms with Crippen molar-refractivity contribution in [2.45, 2.75) is 12.6 Å². The van der Waals surface area contributed by atoms with E-state index in [0.29, 0.717) is 26.1 Å². The van der Waals surface area contributed by atoms with Crippen LogP contribution in [-0.4, -0.2) is 49.7 Å². The highest BCUT2D eigenvalue weighted by Crippen LogP contribution is 2.12. The van der Waals surface area contributed by atoms with E-state index in [-0.39, 0.29) is 19.0 Å². The van der Waals surface area contributed by atoms with Crippen LogP contribution in [0.3, 0.4) is 0 Å². The van der Waals surface area contributed by atoms with Crippen LogP contribution in [-0.2, 0) is 11.2 Å². The van der Waals surface area contributed by atoms with Crippen LogP contribution in [0.1, 0.15) is 5.56 Å². The van der Waals surface area contributed by atoms with Crippen LogP contribution in [0.4, 0.5) is 13.2 Å². The lowest BCUT2D eigenvalue weighted by Crippen LogP contribution is -2.43. The number of hydrogen-bond donors (Lipinski definition) is 2. The summed E-state index contributed by atoms with van der Waals surface area (Å²) >= 11 is 0. The Hall–Kier alpha value is -1.31. The van der Waals surface area contributed by atoms with Crippen molar-refractivity contribution < 1.29 is 18.0 Å². The number of alkyl halides is 3. The van der Waals surface area contributed by atoms with Gasteiger partial charge in [-0.2, -0.15) is 13.2 Å². The summed E-state index contributed by atoms with van der Waals surface area (Å²) in [6.07, 6.45) is -3.67. The van der Waals surface area contributed by atoms with E-state index in [1.807, 2.05) is 35.6 Å². The molecule has 0 unspecified atom stereocenters. The van der Waals surface area contributed by atoms with E-state index in [1.54, 1.807) is 4.90 Å². The van der Waals surface area contributed by atoms with Crippen molar-refractivity contribution >= 4 is 18.3 Å². The highest BCUT2D eigenvalue weighted by atomic mass is 35.5. The zero-order valence-electron chi connectivity index (χ0n) is 12.1. The van der Waals surface area contributed by atoms with E-state index in [0.717, 1.165) is 5.56 Å². The summed E-state index contributed by atoms with van der Waals surface area (Å²) in [5, 5.41) is 1.86. The number of rotatable bonds is 8. The summed E-state index contributed by atoms with van der Waals surface area (Å²) in [7, 11) is 0. The fourth-order valence-corrected chi connectivity index (χ4v) is 1.84. The number of hydrogen-bond acceptors (Lipinski definition) is 3. The summed E-state index contributed by atoms with van der Waals surface area (Å²) in [6.45, 7) is -0.00460. The summed E-state index contributed by atoms with van der Waals surface area (Å²) in [6, 6.07) is 9.66. The molecule has 126 valence electrons. The van der Waals surface area contributed by atoms with E-state index in [9.17, 15) is 18.0 Å². The molecule has 8 heteroatoms. The molecule has 1 amide bonds. The van der Waals surface area contributed by atoms with Crippen LogP contribution in [0.15, 0.2) is 30.3 Å². The molecule has 0 fully saturated rings. The molecule has 4 nitrogen and oxygen atoms in total. The van der Waals surface area contributed by atoms with E-state index in [4.69, 9.17) is 5.73 Å². The Morgan fingerprint density at radius 3 is 2.36 bits per heavy atom. The molecule has 0 atom stereocenters. The number of carbonyl (C=O) groups is 1. The number of halogens is 4. The summed E-state index contributed by atoms with van der Waals surface area (Å²) in [5.74, 6) is -0.645. The summed E-state index contributed by atoms with van der Waals surface area (Å²) in [5.41, 5.74) is 6.57. The summed E-state index contributed by atoms with van der Waals surface area (Å²) < 4.78 is 36.1. The first kappa shape index (κ1) is 20.7. The molecule has 22 heavy (non-hydrogen) atoms. The predicted octanol–water partition coefficient (Wildman–Crippen LogP) is 1.59. The fourth-order valence-electron chi connectivity index (χ4n) is 1.84. The van der Waals surface area contributed by atoms with Crippen molar-refractivity contribution in [3.05, 3.63) is 35.9 Å². The van der Waals surface area contributed by atoms with Crippen molar-refractivity contribution in [2.24, 2.45) is 5.73 Å². The first-order valence-corrected chi connectivity index (χ1v) is 6.70. The number of nitrogens with one attached hydrogen (secondary N) is 1. The van der Waals surface area contributed by atoms with Gasteiger partial charge in [0.25, 0.3) is 0 Å². The second kappa shape index (κ2) is 10.4. The SMILES string of the molecule is Cl.NCCN(CCc1ccccc1)CC(=O)NCC(F)(F)F. The Morgan fingerprint density at radius 2 is 1.82 bits per heavy atom. The smallest absolute Gasteiger partial charge is 0.346 e. The molecule has 0 spiro atoms. The molecule has 0 heterocycles. The maximum Gasteiger partial charge on any atom is 0.405 e. The quantitative estimate of drug-likeness (QED) is 0.756. The van der Waals surface area contributed by atoms with Gasteiger partial charge >= 0.3 is 6.18 Å². The minimum absolute atomic E-state index is 0. The van der Waals surface area contributed by atoms with Gasteiger partial charge in [-0.15, -0.1) is 12.4 Å². The highest BCUT2D eigenvalue weighted by molar-refractivity contribution is 5.85. The van der Waals surface area contributed by atoms with Gasteiger partial charge in [0.15, 0.2) is 0 Å². The molecule has 0 aliphatic heterocycles. The third kappa shape index (κ3) is 9.59. The molecular weight excluding hydrogens is 319 g/mol. The van der Waals surface area contributed by atoms with Gasteiger partial charge in [-0.1, -0.05) is 30.3 Å². The zero-order chi connectivity index (χ0) is 15.7. The topological polar surface area (TPSA) is 58.4 Å². The second-order valence-corrected chi connectivity index (χ2v) is 4.69. The van der Waals surface area contributed by atoms with Crippen LogP contribution in [0.2, 0.25) is 0 Å². The van der Waals surface area contributed by atoms with Crippen LogP contribution >= 0.6 is 12.4 Å². The van der Waals surface area contributed by atoms with Gasteiger partial charge in [-0.3, -0.25) is 9.69 Å². The van der Waals surface area contributed by atoms with Crippen LogP contribution in [0.25, 0.3) is 0 Å². The van der Waals surface area contributed by atoms with Gasteiger partial charge in [0.1, 0.15) is 6.54 Å². The lowest BCUT2D eigenvalue weighted by atomic mass is 10.1. The number of amides is 1. The molecule has 3 N–H and O–H groups in total. The third-order valence-corrected chi connectivity index (χ3v) is 2.86. The Kier molecular flexibility index (Phi) is 9.80. The molecule has 0 bridgehead atoms. The molecule has 0 radical (unpaired) electrons. The third-order valence-electron chi connectivity index (χ3n) is 2.86. The fraction of sp³-hybridized carbons (Fsp3) is 0.500. The van der Waals surface area contributed by atoms with Crippen molar-refractivity contribution in [1.82, 2.24) is 10.2 Å². The Labute approximate surface area is 134 Å².